The van der Waals surface area contributed by atoms with Gasteiger partial charge < -0.3 is 5.11 Å². The van der Waals surface area contributed by atoms with E-state index in [1.54, 1.807) is 24.3 Å². The third kappa shape index (κ3) is 1.83. The molecule has 0 radical (unpaired) electrons. The van der Waals surface area contributed by atoms with Crippen LogP contribution in [0.3, 0.4) is 0 Å². The van der Waals surface area contributed by atoms with Crippen LogP contribution < -0.4 is 0 Å². The first-order valence-corrected chi connectivity index (χ1v) is 7.38. The van der Waals surface area contributed by atoms with E-state index in [2.05, 4.69) is 0 Å². The van der Waals surface area contributed by atoms with Crippen molar-refractivity contribution in [3.8, 4) is 5.75 Å². The van der Waals surface area contributed by atoms with Crippen LogP contribution in [0.25, 0.3) is 6.08 Å². The van der Waals surface area contributed by atoms with Gasteiger partial charge in [0, 0.05) is 5.56 Å². The highest BCUT2D eigenvalue weighted by Crippen LogP contribution is 2.34. The van der Waals surface area contributed by atoms with Gasteiger partial charge in [0.1, 0.15) is 10.7 Å². The molecule has 0 atom stereocenters. The van der Waals surface area contributed by atoms with Gasteiger partial charge >= 0.3 is 0 Å². The minimum Gasteiger partial charge on any atom is -0.508 e. The van der Waals surface area contributed by atoms with E-state index >= 15 is 0 Å². The predicted molar refractivity (Wildman–Crippen MR) is 74.0 cm³/mol. The molecule has 2 aromatic carbocycles. The number of ketones is 1. The Morgan fingerprint density at radius 2 is 1.60 bits per heavy atom. The lowest BCUT2D eigenvalue weighted by Crippen LogP contribution is -2.01. The van der Waals surface area contributed by atoms with E-state index in [0.29, 0.717) is 5.56 Å². The fourth-order valence-electron chi connectivity index (χ4n) is 2.13. The molecule has 0 aromatic heterocycles. The third-order valence-corrected chi connectivity index (χ3v) is 4.94. The summed E-state index contributed by atoms with van der Waals surface area (Å²) in [6.07, 6.45) is 1.33. The van der Waals surface area contributed by atoms with Crippen LogP contribution in [0.5, 0.6) is 5.75 Å². The van der Waals surface area contributed by atoms with Crippen molar-refractivity contribution in [1.82, 2.24) is 0 Å². The van der Waals surface area contributed by atoms with E-state index in [1.165, 1.54) is 30.3 Å². The molecule has 0 unspecified atom stereocenters. The van der Waals surface area contributed by atoms with Gasteiger partial charge in [-0.25, -0.2) is 8.42 Å². The van der Waals surface area contributed by atoms with Gasteiger partial charge in [-0.3, -0.25) is 4.79 Å². The van der Waals surface area contributed by atoms with Gasteiger partial charge in [0.2, 0.25) is 15.6 Å². The lowest BCUT2D eigenvalue weighted by atomic mass is 10.1. The van der Waals surface area contributed by atoms with Crippen LogP contribution >= 0.6 is 0 Å². The summed E-state index contributed by atoms with van der Waals surface area (Å²) < 4.78 is 24.7. The van der Waals surface area contributed by atoms with Gasteiger partial charge in [-0.1, -0.05) is 24.3 Å². The Morgan fingerprint density at radius 1 is 0.950 bits per heavy atom. The Labute approximate surface area is 115 Å². The number of allylic oxidation sites excluding steroid dienone is 1. The third-order valence-electron chi connectivity index (χ3n) is 3.13. The number of rotatable bonds is 1. The molecule has 0 saturated heterocycles. The summed E-state index contributed by atoms with van der Waals surface area (Å²) in [6.45, 7) is 0. The molecule has 3 rings (SSSR count). The number of hydrogen-bond donors (Lipinski definition) is 1. The van der Waals surface area contributed by atoms with Gasteiger partial charge in [-0.05, 0) is 35.9 Å². The zero-order chi connectivity index (χ0) is 14.3. The molecule has 5 heteroatoms. The first-order valence-electron chi connectivity index (χ1n) is 5.90. The second-order valence-corrected chi connectivity index (χ2v) is 6.32. The number of benzene rings is 2. The number of Topliss-reactive ketones (excluding diaryl/α,β-unsaturated/α-hetero) is 1. The number of hydrogen-bond acceptors (Lipinski definition) is 4. The molecule has 0 saturated carbocycles. The molecule has 0 amide bonds. The lowest BCUT2D eigenvalue weighted by molar-refractivity contribution is 0.104. The van der Waals surface area contributed by atoms with Crippen LogP contribution in [-0.2, 0) is 9.84 Å². The Kier molecular flexibility index (Phi) is 2.72. The van der Waals surface area contributed by atoms with Crippen LogP contribution in [0.15, 0.2) is 58.3 Å². The summed E-state index contributed by atoms with van der Waals surface area (Å²) in [5.74, 6) is -0.412. The van der Waals surface area contributed by atoms with Crippen LogP contribution in [-0.4, -0.2) is 19.3 Å². The smallest absolute Gasteiger partial charge is 0.211 e. The second kappa shape index (κ2) is 4.31. The molecule has 0 spiro atoms. The molecule has 0 aliphatic carbocycles. The molecule has 1 aliphatic rings. The number of phenols is 1. The average molecular weight is 286 g/mol. The summed E-state index contributed by atoms with van der Waals surface area (Å²) in [7, 11) is -3.75. The summed E-state index contributed by atoms with van der Waals surface area (Å²) >= 11 is 0. The largest absolute Gasteiger partial charge is 0.508 e. The lowest BCUT2D eigenvalue weighted by Gasteiger charge is -1.98. The predicted octanol–water partition coefficient (Wildman–Crippen LogP) is 2.40. The summed E-state index contributed by atoms with van der Waals surface area (Å²) in [6, 6.07) is 12.1. The van der Waals surface area contributed by atoms with Gasteiger partial charge in [-0.2, -0.15) is 0 Å². The van der Waals surface area contributed by atoms with Crippen molar-refractivity contribution < 1.29 is 18.3 Å². The van der Waals surface area contributed by atoms with Crippen LogP contribution in [0, 0.1) is 0 Å². The zero-order valence-electron chi connectivity index (χ0n) is 10.3. The highest BCUT2D eigenvalue weighted by atomic mass is 32.2. The van der Waals surface area contributed by atoms with Crippen molar-refractivity contribution in [1.29, 1.82) is 0 Å². The topological polar surface area (TPSA) is 71.4 Å². The minimum absolute atomic E-state index is 0.0510. The van der Waals surface area contributed by atoms with Gasteiger partial charge in [0.15, 0.2) is 0 Å². The van der Waals surface area contributed by atoms with E-state index in [1.807, 2.05) is 0 Å². The summed E-state index contributed by atoms with van der Waals surface area (Å²) in [5, 5.41) is 9.21. The van der Waals surface area contributed by atoms with E-state index in [-0.39, 0.29) is 21.1 Å². The Balaban J connectivity index is 2.17. The molecule has 4 nitrogen and oxygen atoms in total. The van der Waals surface area contributed by atoms with Crippen molar-refractivity contribution in [3.63, 3.8) is 0 Å². The Morgan fingerprint density at radius 3 is 2.25 bits per heavy atom. The standard InChI is InChI=1S/C15H10O4S/c16-11-7-5-10(6-8-11)9-14-15(17)12-3-1-2-4-13(12)20(14,18)19/h1-9,16H/b14-9-. The highest BCUT2D eigenvalue weighted by molar-refractivity contribution is 7.97. The SMILES string of the molecule is O=C1/C(=C/c2ccc(O)cc2)S(=O)(=O)c2ccccc21. The number of aromatic hydroxyl groups is 1. The van der Waals surface area contributed by atoms with Crippen molar-refractivity contribution in [2.45, 2.75) is 4.90 Å². The molecule has 20 heavy (non-hydrogen) atoms. The average Bonchev–Trinajstić information content (AvgIpc) is 2.63. The summed E-state index contributed by atoms with van der Waals surface area (Å²) in [4.78, 5) is 12.0. The maximum Gasteiger partial charge on any atom is 0.211 e. The highest BCUT2D eigenvalue weighted by Gasteiger charge is 2.38. The molecule has 0 fully saturated rings. The van der Waals surface area contributed by atoms with Crippen molar-refractivity contribution in [2.75, 3.05) is 0 Å². The van der Waals surface area contributed by atoms with Crippen molar-refractivity contribution >= 4 is 21.7 Å². The monoisotopic (exact) mass is 286 g/mol. The number of sulfone groups is 1. The van der Waals surface area contributed by atoms with E-state index in [0.717, 1.165) is 0 Å². The fourth-order valence-corrected chi connectivity index (χ4v) is 3.72. The maximum atomic E-state index is 12.3. The van der Waals surface area contributed by atoms with Gasteiger partial charge in [0.05, 0.1) is 4.90 Å². The molecular weight excluding hydrogens is 276 g/mol. The van der Waals surface area contributed by atoms with E-state index in [4.69, 9.17) is 0 Å². The number of carbonyl (C=O) groups is 1. The Bertz CT molecular complexity index is 830. The number of fused-ring (bicyclic) bond motifs is 1. The fraction of sp³-hybridized carbons (Fsp3) is 0. The van der Waals surface area contributed by atoms with Crippen LogP contribution in [0.1, 0.15) is 15.9 Å². The second-order valence-electron chi connectivity index (χ2n) is 4.43. The van der Waals surface area contributed by atoms with E-state index in [9.17, 15) is 18.3 Å². The van der Waals surface area contributed by atoms with Crippen LogP contribution in [0.2, 0.25) is 0 Å². The maximum absolute atomic E-state index is 12.3. The molecule has 2 aromatic rings. The number of carbonyl (C=O) groups excluding carboxylic acids is 1. The minimum atomic E-state index is -3.75. The van der Waals surface area contributed by atoms with E-state index < -0.39 is 15.6 Å². The summed E-state index contributed by atoms with van der Waals surface area (Å²) in [5.41, 5.74) is 0.750. The van der Waals surface area contributed by atoms with Gasteiger partial charge in [0.25, 0.3) is 0 Å². The molecule has 100 valence electrons. The van der Waals surface area contributed by atoms with Crippen molar-refractivity contribution in [3.05, 3.63) is 64.6 Å². The molecule has 1 heterocycles. The molecule has 0 bridgehead atoms. The van der Waals surface area contributed by atoms with Crippen LogP contribution in [0.4, 0.5) is 0 Å². The quantitative estimate of drug-likeness (QED) is 0.817. The zero-order valence-corrected chi connectivity index (χ0v) is 11.1. The molecule has 1 aliphatic heterocycles. The van der Waals surface area contributed by atoms with Crippen molar-refractivity contribution in [2.24, 2.45) is 0 Å². The molecule has 1 N–H and O–H groups in total. The Hall–Kier alpha value is -2.40. The first kappa shape index (κ1) is 12.6. The number of phenolic OH excluding ortho intramolecular Hbond substituents is 1. The molecular formula is C15H10O4S. The normalized spacial score (nSPS) is 18.2. The van der Waals surface area contributed by atoms with Gasteiger partial charge in [-0.15, -0.1) is 0 Å². The first-order chi connectivity index (χ1) is 9.50.